The zero-order valence-corrected chi connectivity index (χ0v) is 5.09. The summed E-state index contributed by atoms with van der Waals surface area (Å²) in [4.78, 5) is 0. The van der Waals surface area contributed by atoms with E-state index in [1.807, 2.05) is 0 Å². The molecule has 0 aliphatic heterocycles. The molecule has 0 bridgehead atoms. The number of nitrogens with two attached hydrogens (primary N) is 1. The van der Waals surface area contributed by atoms with Crippen molar-refractivity contribution in [2.24, 2.45) is 5.73 Å². The molecule has 0 fully saturated rings. The Morgan fingerprint density at radius 2 is 2.38 bits per heavy atom. The van der Waals surface area contributed by atoms with Gasteiger partial charge in [-0.05, 0) is 6.92 Å². The van der Waals surface area contributed by atoms with Crippen molar-refractivity contribution in [2.75, 3.05) is 7.11 Å². The topological polar surface area (TPSA) is 55.5 Å². The Kier molecular flexibility index (Phi) is 3.03. The van der Waals surface area contributed by atoms with Gasteiger partial charge >= 0.3 is 0 Å². The Morgan fingerprint density at radius 1 is 1.88 bits per heavy atom. The van der Waals surface area contributed by atoms with Crippen molar-refractivity contribution in [3.63, 3.8) is 0 Å². The minimum absolute atomic E-state index is 0.125. The van der Waals surface area contributed by atoms with Crippen molar-refractivity contribution < 1.29 is 9.84 Å². The average molecular weight is 117 g/mol. The predicted octanol–water partition coefficient (Wildman–Crippen LogP) is 0.379. The van der Waals surface area contributed by atoms with Crippen molar-refractivity contribution >= 4 is 0 Å². The minimum Gasteiger partial charge on any atom is -0.481 e. The fourth-order valence-electron chi connectivity index (χ4n) is 0.293. The lowest BCUT2D eigenvalue weighted by molar-refractivity contribution is 0.134. The van der Waals surface area contributed by atoms with Crippen molar-refractivity contribution in [3.05, 3.63) is 12.0 Å². The van der Waals surface area contributed by atoms with Gasteiger partial charge in [0.25, 0.3) is 5.95 Å². The monoisotopic (exact) mass is 117 g/mol. The van der Waals surface area contributed by atoms with Gasteiger partial charge in [0, 0.05) is 12.1 Å². The molecule has 0 rings (SSSR count). The van der Waals surface area contributed by atoms with Crippen LogP contribution in [0.15, 0.2) is 12.0 Å². The molecule has 0 heterocycles. The van der Waals surface area contributed by atoms with Gasteiger partial charge in [0.2, 0.25) is 0 Å². The van der Waals surface area contributed by atoms with Gasteiger partial charge in [-0.15, -0.1) is 0 Å². The van der Waals surface area contributed by atoms with Crippen LogP contribution in [0, 0.1) is 0 Å². The molecule has 0 saturated heterocycles. The highest BCUT2D eigenvalue weighted by Crippen LogP contribution is 1.88. The van der Waals surface area contributed by atoms with E-state index < -0.39 is 0 Å². The normalized spacial score (nSPS) is 15.6. The van der Waals surface area contributed by atoms with E-state index >= 15 is 0 Å². The first kappa shape index (κ1) is 7.30. The van der Waals surface area contributed by atoms with E-state index in [1.54, 1.807) is 6.92 Å². The van der Waals surface area contributed by atoms with Crippen molar-refractivity contribution in [1.29, 1.82) is 0 Å². The Morgan fingerprint density at radius 3 is 2.50 bits per heavy atom. The molecule has 0 aromatic carbocycles. The molecule has 0 aliphatic carbocycles. The molecule has 0 aromatic rings. The smallest absolute Gasteiger partial charge is 0.273 e. The van der Waals surface area contributed by atoms with Crippen molar-refractivity contribution in [2.45, 2.75) is 13.0 Å². The molecule has 1 atom stereocenters. The van der Waals surface area contributed by atoms with Crippen molar-refractivity contribution in [3.8, 4) is 0 Å². The second-order valence-electron chi connectivity index (χ2n) is 1.57. The first-order valence-electron chi connectivity index (χ1n) is 2.37. The maximum atomic E-state index is 8.59. The Labute approximate surface area is 48.8 Å². The number of aliphatic hydroxyl groups is 1. The molecule has 0 radical (unpaired) electrons. The fourth-order valence-corrected chi connectivity index (χ4v) is 0.293. The van der Waals surface area contributed by atoms with Gasteiger partial charge in [0.1, 0.15) is 0 Å². The van der Waals surface area contributed by atoms with Crippen LogP contribution in [0.2, 0.25) is 0 Å². The molecule has 0 aliphatic rings. The summed E-state index contributed by atoms with van der Waals surface area (Å²) < 4.78 is 4.40. The Hall–Kier alpha value is -0.700. The Bertz CT molecular complexity index is 88.4. The van der Waals surface area contributed by atoms with Crippen LogP contribution in [0.4, 0.5) is 0 Å². The van der Waals surface area contributed by atoms with Crippen LogP contribution in [0.25, 0.3) is 0 Å². The molecule has 48 valence electrons. The number of hydrogen-bond donors (Lipinski definition) is 2. The predicted molar refractivity (Wildman–Crippen MR) is 31.4 cm³/mol. The number of methoxy groups -OCH3 is 1. The van der Waals surface area contributed by atoms with Crippen LogP contribution < -0.4 is 5.73 Å². The van der Waals surface area contributed by atoms with E-state index in [4.69, 9.17) is 10.8 Å². The lowest BCUT2D eigenvalue weighted by Crippen LogP contribution is -2.11. The summed E-state index contributed by atoms with van der Waals surface area (Å²) in [5.74, 6) is -0.125. The number of ether oxygens (including phenoxy) is 1. The number of hydrogen-bond acceptors (Lipinski definition) is 3. The maximum absolute atomic E-state index is 8.59. The second-order valence-corrected chi connectivity index (χ2v) is 1.57. The average Bonchev–Trinajstić information content (AvgIpc) is 1.65. The zero-order chi connectivity index (χ0) is 6.57. The molecule has 0 unspecified atom stereocenters. The van der Waals surface area contributed by atoms with Gasteiger partial charge in [-0.2, -0.15) is 0 Å². The third kappa shape index (κ3) is 3.49. The van der Waals surface area contributed by atoms with Gasteiger partial charge in [0.05, 0.1) is 7.11 Å². The standard InChI is InChI=1S/C5H11NO2/c1-4(6)3-5(7)8-2/h3-4,7H,6H2,1-2H3/b5-3+/t4-/m0/s1. The molecule has 3 heteroatoms. The molecule has 3 nitrogen and oxygen atoms in total. The molecular formula is C5H11NO2. The van der Waals surface area contributed by atoms with Gasteiger partial charge in [-0.1, -0.05) is 0 Å². The molecular weight excluding hydrogens is 106 g/mol. The molecule has 0 saturated carbocycles. The van der Waals surface area contributed by atoms with Gasteiger partial charge < -0.3 is 15.6 Å². The number of rotatable bonds is 2. The summed E-state index contributed by atoms with van der Waals surface area (Å²) in [6.07, 6.45) is 1.42. The lowest BCUT2D eigenvalue weighted by Gasteiger charge is -1.97. The van der Waals surface area contributed by atoms with Crippen LogP contribution in [-0.4, -0.2) is 18.3 Å². The SMILES string of the molecule is CO/C(O)=C/[C@H](C)N. The second kappa shape index (κ2) is 3.32. The van der Waals surface area contributed by atoms with Crippen LogP contribution in [-0.2, 0) is 4.74 Å². The molecule has 0 amide bonds. The Balaban J connectivity index is 3.56. The third-order valence-corrected chi connectivity index (χ3v) is 0.615. The highest BCUT2D eigenvalue weighted by atomic mass is 16.6. The van der Waals surface area contributed by atoms with E-state index in [-0.39, 0.29) is 12.0 Å². The summed E-state index contributed by atoms with van der Waals surface area (Å²) in [5, 5.41) is 8.59. The summed E-state index contributed by atoms with van der Waals surface area (Å²) >= 11 is 0. The summed E-state index contributed by atoms with van der Waals surface area (Å²) in [7, 11) is 1.38. The summed E-state index contributed by atoms with van der Waals surface area (Å²) in [5.41, 5.74) is 5.25. The number of aliphatic hydroxyl groups excluding tert-OH is 1. The van der Waals surface area contributed by atoms with E-state index in [1.165, 1.54) is 13.2 Å². The summed E-state index contributed by atoms with van der Waals surface area (Å²) in [6, 6.07) is -0.157. The highest BCUT2D eigenvalue weighted by molar-refractivity contribution is 4.88. The van der Waals surface area contributed by atoms with Gasteiger partial charge in [0.15, 0.2) is 0 Å². The fraction of sp³-hybridized carbons (Fsp3) is 0.600. The first-order chi connectivity index (χ1) is 3.66. The molecule has 0 spiro atoms. The van der Waals surface area contributed by atoms with E-state index in [9.17, 15) is 0 Å². The highest BCUT2D eigenvalue weighted by Gasteiger charge is 1.90. The van der Waals surface area contributed by atoms with Crippen LogP contribution in [0.5, 0.6) is 0 Å². The van der Waals surface area contributed by atoms with E-state index in [2.05, 4.69) is 4.74 Å². The minimum atomic E-state index is -0.157. The molecule has 3 N–H and O–H groups in total. The maximum Gasteiger partial charge on any atom is 0.273 e. The largest absolute Gasteiger partial charge is 0.481 e. The van der Waals surface area contributed by atoms with Crippen LogP contribution in [0.1, 0.15) is 6.92 Å². The van der Waals surface area contributed by atoms with Crippen LogP contribution in [0.3, 0.4) is 0 Å². The third-order valence-electron chi connectivity index (χ3n) is 0.615. The van der Waals surface area contributed by atoms with E-state index in [0.717, 1.165) is 0 Å². The molecule has 8 heavy (non-hydrogen) atoms. The first-order valence-corrected chi connectivity index (χ1v) is 2.37. The lowest BCUT2D eigenvalue weighted by atomic mass is 10.4. The van der Waals surface area contributed by atoms with Gasteiger partial charge in [-0.3, -0.25) is 0 Å². The van der Waals surface area contributed by atoms with E-state index in [0.29, 0.717) is 0 Å². The molecule has 0 aromatic heterocycles. The van der Waals surface area contributed by atoms with Gasteiger partial charge in [-0.25, -0.2) is 0 Å². The van der Waals surface area contributed by atoms with Crippen molar-refractivity contribution in [1.82, 2.24) is 0 Å². The summed E-state index contributed by atoms with van der Waals surface area (Å²) in [6.45, 7) is 1.75. The van der Waals surface area contributed by atoms with Crippen LogP contribution >= 0.6 is 0 Å². The quantitative estimate of drug-likeness (QED) is 0.514. The zero-order valence-electron chi connectivity index (χ0n) is 5.09.